The molecule has 0 fully saturated rings. The van der Waals surface area contributed by atoms with Gasteiger partial charge in [-0.15, -0.1) is 6.58 Å². The van der Waals surface area contributed by atoms with E-state index in [2.05, 4.69) is 13.5 Å². The van der Waals surface area contributed by atoms with E-state index in [0.29, 0.717) is 0 Å². The molecule has 0 N–H and O–H groups in total. The third-order valence-electron chi connectivity index (χ3n) is 2.06. The summed E-state index contributed by atoms with van der Waals surface area (Å²) in [4.78, 5) is 0. The van der Waals surface area contributed by atoms with Gasteiger partial charge in [-0.05, 0) is 25.2 Å². The minimum absolute atomic E-state index is 0.721. The average molecular weight is 170 g/mol. The Hall–Kier alpha value is -0.300. The van der Waals surface area contributed by atoms with Crippen molar-refractivity contribution in [3.05, 3.63) is 12.7 Å². The maximum Gasteiger partial charge on any atom is 0.0487 e. The Morgan fingerprint density at radius 3 is 2.67 bits per heavy atom. The number of hydrogen-bond acceptors (Lipinski definition) is 1. The lowest BCUT2D eigenvalue weighted by Gasteiger charge is -2.08. The smallest absolute Gasteiger partial charge is 0.0487 e. The van der Waals surface area contributed by atoms with E-state index in [4.69, 9.17) is 4.74 Å². The summed E-state index contributed by atoms with van der Waals surface area (Å²) in [5, 5.41) is 0. The van der Waals surface area contributed by atoms with Gasteiger partial charge in [-0.25, -0.2) is 0 Å². The molecule has 1 atom stereocenters. The van der Waals surface area contributed by atoms with Crippen molar-refractivity contribution in [2.24, 2.45) is 5.92 Å². The molecule has 1 heteroatoms. The summed E-state index contributed by atoms with van der Waals surface area (Å²) in [5.41, 5.74) is 0. The van der Waals surface area contributed by atoms with Gasteiger partial charge in [-0.3, -0.25) is 0 Å². The van der Waals surface area contributed by atoms with Gasteiger partial charge in [-0.2, -0.15) is 0 Å². The molecule has 12 heavy (non-hydrogen) atoms. The van der Waals surface area contributed by atoms with Crippen molar-refractivity contribution in [1.82, 2.24) is 0 Å². The molecule has 0 amide bonds. The molecule has 0 aliphatic carbocycles. The van der Waals surface area contributed by atoms with Crippen molar-refractivity contribution in [2.45, 2.75) is 39.0 Å². The van der Waals surface area contributed by atoms with E-state index in [0.717, 1.165) is 12.5 Å². The first-order chi connectivity index (χ1) is 5.81. The molecule has 72 valence electrons. The van der Waals surface area contributed by atoms with Crippen LogP contribution in [0.4, 0.5) is 0 Å². The maximum atomic E-state index is 5.07. The normalized spacial score (nSPS) is 12.8. The van der Waals surface area contributed by atoms with Crippen LogP contribution < -0.4 is 0 Å². The molecule has 1 unspecified atom stereocenters. The van der Waals surface area contributed by atoms with E-state index in [9.17, 15) is 0 Å². The molecule has 1 nitrogen and oxygen atoms in total. The van der Waals surface area contributed by atoms with Crippen LogP contribution in [0.3, 0.4) is 0 Å². The van der Waals surface area contributed by atoms with Crippen LogP contribution in [-0.4, -0.2) is 13.7 Å². The van der Waals surface area contributed by atoms with Gasteiger partial charge >= 0.3 is 0 Å². The molecule has 0 aromatic heterocycles. The zero-order chi connectivity index (χ0) is 9.23. The van der Waals surface area contributed by atoms with Gasteiger partial charge in [-0.1, -0.05) is 25.8 Å². The number of ether oxygens (including phenoxy) is 1. The highest BCUT2D eigenvalue weighted by molar-refractivity contribution is 4.65. The minimum atomic E-state index is 0.721. The molecular formula is C11H22O. The highest BCUT2D eigenvalue weighted by Gasteiger charge is 1.99. The van der Waals surface area contributed by atoms with Gasteiger partial charge in [0.2, 0.25) is 0 Å². The molecule has 0 heterocycles. The van der Waals surface area contributed by atoms with Crippen molar-refractivity contribution in [3.63, 3.8) is 0 Å². The van der Waals surface area contributed by atoms with E-state index in [1.54, 1.807) is 7.11 Å². The van der Waals surface area contributed by atoms with Crippen molar-refractivity contribution in [2.75, 3.05) is 13.7 Å². The standard InChI is InChI=1S/C11H22O/c1-4-5-6-7-8-9-11(2)10-12-3/h4,11H,1,5-10H2,2-3H3. The zero-order valence-corrected chi connectivity index (χ0v) is 8.51. The molecule has 0 aliphatic heterocycles. The SMILES string of the molecule is C=CCCCCCC(C)COC. The Kier molecular flexibility index (Phi) is 8.57. The van der Waals surface area contributed by atoms with Crippen molar-refractivity contribution in [3.8, 4) is 0 Å². The van der Waals surface area contributed by atoms with Crippen molar-refractivity contribution < 1.29 is 4.74 Å². The van der Waals surface area contributed by atoms with Gasteiger partial charge in [0.25, 0.3) is 0 Å². The lowest BCUT2D eigenvalue weighted by Crippen LogP contribution is -2.02. The molecule has 0 aliphatic rings. The molecule has 0 saturated carbocycles. The molecule has 0 rings (SSSR count). The Morgan fingerprint density at radius 2 is 2.08 bits per heavy atom. The molecule has 0 aromatic rings. The summed E-state index contributed by atoms with van der Waals surface area (Å²) in [6.07, 6.45) is 8.42. The summed E-state index contributed by atoms with van der Waals surface area (Å²) in [6, 6.07) is 0. The highest BCUT2D eigenvalue weighted by Crippen LogP contribution is 2.10. The summed E-state index contributed by atoms with van der Waals surface area (Å²) < 4.78 is 5.07. The number of rotatable bonds is 8. The fourth-order valence-electron chi connectivity index (χ4n) is 1.33. The van der Waals surface area contributed by atoms with Crippen molar-refractivity contribution in [1.29, 1.82) is 0 Å². The first kappa shape index (κ1) is 11.7. The second-order valence-electron chi connectivity index (χ2n) is 3.49. The molecule has 0 bridgehead atoms. The third kappa shape index (κ3) is 7.80. The summed E-state index contributed by atoms with van der Waals surface area (Å²) >= 11 is 0. The largest absolute Gasteiger partial charge is 0.384 e. The summed E-state index contributed by atoms with van der Waals surface area (Å²) in [7, 11) is 1.77. The lowest BCUT2D eigenvalue weighted by molar-refractivity contribution is 0.154. The fourth-order valence-corrected chi connectivity index (χ4v) is 1.33. The second kappa shape index (κ2) is 8.79. The van der Waals surface area contributed by atoms with Crippen molar-refractivity contribution >= 4 is 0 Å². The van der Waals surface area contributed by atoms with Gasteiger partial charge in [0.1, 0.15) is 0 Å². The predicted octanol–water partition coefficient (Wildman–Crippen LogP) is 3.41. The predicted molar refractivity (Wildman–Crippen MR) is 54.3 cm³/mol. The number of allylic oxidation sites excluding steroid dienone is 1. The molecule has 0 saturated heterocycles. The van der Waals surface area contributed by atoms with E-state index in [1.807, 2.05) is 6.08 Å². The molecule has 0 aromatic carbocycles. The topological polar surface area (TPSA) is 9.23 Å². The molecular weight excluding hydrogens is 148 g/mol. The van der Waals surface area contributed by atoms with E-state index >= 15 is 0 Å². The minimum Gasteiger partial charge on any atom is -0.384 e. The van der Waals surface area contributed by atoms with Crippen LogP contribution in [0, 0.1) is 5.92 Å². The van der Waals surface area contributed by atoms with Crippen LogP contribution in [0.25, 0.3) is 0 Å². The molecule has 0 radical (unpaired) electrons. The van der Waals surface area contributed by atoms with Gasteiger partial charge in [0.15, 0.2) is 0 Å². The van der Waals surface area contributed by atoms with Crippen LogP contribution in [0.1, 0.15) is 39.0 Å². The van der Waals surface area contributed by atoms with Crippen LogP contribution in [0.15, 0.2) is 12.7 Å². The van der Waals surface area contributed by atoms with Gasteiger partial charge < -0.3 is 4.74 Å². The van der Waals surface area contributed by atoms with Crippen LogP contribution in [-0.2, 0) is 4.74 Å². The second-order valence-corrected chi connectivity index (χ2v) is 3.49. The summed E-state index contributed by atoms with van der Waals surface area (Å²) in [5.74, 6) is 0.721. The van der Waals surface area contributed by atoms with Gasteiger partial charge in [0, 0.05) is 13.7 Å². The number of hydrogen-bond donors (Lipinski definition) is 0. The number of methoxy groups -OCH3 is 1. The first-order valence-corrected chi connectivity index (χ1v) is 4.91. The Balaban J connectivity index is 3.02. The average Bonchev–Trinajstić information content (AvgIpc) is 2.05. The van der Waals surface area contributed by atoms with Crippen LogP contribution in [0.2, 0.25) is 0 Å². The lowest BCUT2D eigenvalue weighted by atomic mass is 10.0. The Morgan fingerprint density at radius 1 is 1.33 bits per heavy atom. The third-order valence-corrected chi connectivity index (χ3v) is 2.06. The Labute approximate surface area is 76.8 Å². The van der Waals surface area contributed by atoms with E-state index < -0.39 is 0 Å². The van der Waals surface area contributed by atoms with Crippen LogP contribution in [0.5, 0.6) is 0 Å². The first-order valence-electron chi connectivity index (χ1n) is 4.91. The summed E-state index contributed by atoms with van der Waals surface area (Å²) in [6.45, 7) is 6.85. The fraction of sp³-hybridized carbons (Fsp3) is 0.818. The number of unbranched alkanes of at least 4 members (excludes halogenated alkanes) is 3. The monoisotopic (exact) mass is 170 g/mol. The van der Waals surface area contributed by atoms with Crippen LogP contribution >= 0.6 is 0 Å². The highest BCUT2D eigenvalue weighted by atomic mass is 16.5. The zero-order valence-electron chi connectivity index (χ0n) is 8.51. The molecule has 0 spiro atoms. The van der Waals surface area contributed by atoms with Gasteiger partial charge in [0.05, 0.1) is 0 Å². The van der Waals surface area contributed by atoms with E-state index in [1.165, 1.54) is 32.1 Å². The Bertz CT molecular complexity index is 99.2. The van der Waals surface area contributed by atoms with E-state index in [-0.39, 0.29) is 0 Å². The quantitative estimate of drug-likeness (QED) is 0.401. The maximum absolute atomic E-state index is 5.07.